The summed E-state index contributed by atoms with van der Waals surface area (Å²) < 4.78 is 0. The van der Waals surface area contributed by atoms with E-state index >= 15 is 0 Å². The average molecular weight is 205 g/mol. The molecule has 1 atom stereocenters. The summed E-state index contributed by atoms with van der Waals surface area (Å²) in [7, 11) is 0. The minimum Gasteiger partial charge on any atom is -0.265 e. The van der Waals surface area contributed by atoms with Crippen LogP contribution in [0.4, 0.5) is 0 Å². The van der Waals surface area contributed by atoms with Crippen molar-refractivity contribution >= 4 is 0 Å². The zero-order chi connectivity index (χ0) is 10.9. The quantitative estimate of drug-likeness (QED) is 0.649. The van der Waals surface area contributed by atoms with Crippen molar-refractivity contribution in [3.05, 3.63) is 30.1 Å². The highest BCUT2D eigenvalue weighted by atomic mass is 14.6. The minimum atomic E-state index is 0.915. The normalized spacial score (nSPS) is 12.7. The van der Waals surface area contributed by atoms with Crippen LogP contribution >= 0.6 is 0 Å². The number of hydrogen-bond donors (Lipinski definition) is 0. The zero-order valence-corrected chi connectivity index (χ0v) is 10.1. The van der Waals surface area contributed by atoms with Gasteiger partial charge in [0, 0.05) is 12.4 Å². The van der Waals surface area contributed by atoms with Gasteiger partial charge in [-0.15, -0.1) is 0 Å². The lowest BCUT2D eigenvalue weighted by Crippen LogP contribution is -2.01. The molecule has 0 aromatic carbocycles. The maximum absolute atomic E-state index is 4.04. The van der Waals surface area contributed by atoms with Gasteiger partial charge in [0.1, 0.15) is 0 Å². The Kier molecular flexibility index (Phi) is 6.06. The molecule has 15 heavy (non-hydrogen) atoms. The molecule has 0 aliphatic rings. The van der Waals surface area contributed by atoms with Crippen molar-refractivity contribution in [1.82, 2.24) is 4.98 Å². The predicted octanol–water partition coefficient (Wildman–Crippen LogP) is 4.23. The Morgan fingerprint density at radius 2 is 1.87 bits per heavy atom. The summed E-state index contributed by atoms with van der Waals surface area (Å²) in [6.45, 7) is 4.59. The van der Waals surface area contributed by atoms with Crippen LogP contribution in [-0.4, -0.2) is 4.98 Å². The summed E-state index contributed by atoms with van der Waals surface area (Å²) in [6, 6.07) is 4.26. The van der Waals surface area contributed by atoms with E-state index in [-0.39, 0.29) is 0 Å². The highest BCUT2D eigenvalue weighted by Gasteiger charge is 2.05. The molecule has 0 aliphatic heterocycles. The smallest absolute Gasteiger partial charge is 0.0270 e. The first-order chi connectivity index (χ1) is 7.36. The average Bonchev–Trinajstić information content (AvgIpc) is 2.31. The van der Waals surface area contributed by atoms with Crippen molar-refractivity contribution in [2.24, 2.45) is 5.92 Å². The third-order valence-electron chi connectivity index (χ3n) is 3.13. The topological polar surface area (TPSA) is 12.9 Å². The number of pyridine rings is 1. The second kappa shape index (κ2) is 7.44. The maximum atomic E-state index is 4.04. The number of hydrogen-bond acceptors (Lipinski definition) is 1. The molecular formula is C14H23N. The molecule has 1 heterocycles. The van der Waals surface area contributed by atoms with Crippen molar-refractivity contribution in [2.45, 2.75) is 52.4 Å². The van der Waals surface area contributed by atoms with Crippen molar-refractivity contribution in [3.63, 3.8) is 0 Å². The molecule has 0 fully saturated rings. The molecule has 1 unspecified atom stereocenters. The summed E-state index contributed by atoms with van der Waals surface area (Å²) in [5.41, 5.74) is 1.43. The van der Waals surface area contributed by atoms with Gasteiger partial charge in [-0.2, -0.15) is 0 Å². The number of nitrogens with zero attached hydrogens (tertiary/aromatic N) is 1. The largest absolute Gasteiger partial charge is 0.265 e. The van der Waals surface area contributed by atoms with Crippen LogP contribution in [0.25, 0.3) is 0 Å². The maximum Gasteiger partial charge on any atom is 0.0270 e. The van der Waals surface area contributed by atoms with Gasteiger partial charge in [0.25, 0.3) is 0 Å². The fourth-order valence-corrected chi connectivity index (χ4v) is 1.97. The third-order valence-corrected chi connectivity index (χ3v) is 3.13. The van der Waals surface area contributed by atoms with E-state index in [1.165, 1.54) is 44.1 Å². The second-order valence-corrected chi connectivity index (χ2v) is 4.31. The van der Waals surface area contributed by atoms with Crippen molar-refractivity contribution in [2.75, 3.05) is 0 Å². The first kappa shape index (κ1) is 12.2. The van der Waals surface area contributed by atoms with E-state index in [4.69, 9.17) is 0 Å². The fourth-order valence-electron chi connectivity index (χ4n) is 1.97. The third kappa shape index (κ3) is 4.96. The predicted molar refractivity (Wildman–Crippen MR) is 65.9 cm³/mol. The van der Waals surface area contributed by atoms with Crippen LogP contribution in [0.2, 0.25) is 0 Å². The first-order valence-electron chi connectivity index (χ1n) is 6.25. The van der Waals surface area contributed by atoms with Crippen molar-refractivity contribution in [3.8, 4) is 0 Å². The molecule has 1 aromatic rings. The molecule has 1 nitrogen and oxygen atoms in total. The number of aromatic nitrogens is 1. The van der Waals surface area contributed by atoms with Gasteiger partial charge in [0.2, 0.25) is 0 Å². The van der Waals surface area contributed by atoms with Gasteiger partial charge in [0.15, 0.2) is 0 Å². The summed E-state index contributed by atoms with van der Waals surface area (Å²) in [5.74, 6) is 0.915. The van der Waals surface area contributed by atoms with Crippen LogP contribution in [0.5, 0.6) is 0 Å². The monoisotopic (exact) mass is 205 g/mol. The Morgan fingerprint density at radius 3 is 2.47 bits per heavy atom. The number of unbranched alkanes of at least 4 members (excludes halogenated alkanes) is 1. The lowest BCUT2D eigenvalue weighted by Gasteiger charge is -2.13. The molecule has 1 heteroatoms. The van der Waals surface area contributed by atoms with Crippen LogP contribution in [0.3, 0.4) is 0 Å². The molecule has 0 saturated heterocycles. The Hall–Kier alpha value is -0.850. The number of rotatable bonds is 7. The molecule has 0 N–H and O–H groups in total. The summed E-state index contributed by atoms with van der Waals surface area (Å²) in [6.07, 6.45) is 11.8. The summed E-state index contributed by atoms with van der Waals surface area (Å²) in [4.78, 5) is 4.04. The standard InChI is InChI=1S/C14H23N/c1-3-5-6-13(4-2)7-8-14-9-11-15-12-10-14/h9-13H,3-8H2,1-2H3. The summed E-state index contributed by atoms with van der Waals surface area (Å²) >= 11 is 0. The Morgan fingerprint density at radius 1 is 1.13 bits per heavy atom. The van der Waals surface area contributed by atoms with E-state index in [0.717, 1.165) is 5.92 Å². The fraction of sp³-hybridized carbons (Fsp3) is 0.643. The summed E-state index contributed by atoms with van der Waals surface area (Å²) in [5, 5.41) is 0. The van der Waals surface area contributed by atoms with Gasteiger partial charge >= 0.3 is 0 Å². The van der Waals surface area contributed by atoms with E-state index in [9.17, 15) is 0 Å². The van der Waals surface area contributed by atoms with Crippen LogP contribution in [-0.2, 0) is 6.42 Å². The molecule has 84 valence electrons. The first-order valence-corrected chi connectivity index (χ1v) is 6.25. The SMILES string of the molecule is CCCCC(CC)CCc1ccncc1. The van der Waals surface area contributed by atoms with Gasteiger partial charge in [-0.25, -0.2) is 0 Å². The van der Waals surface area contributed by atoms with Gasteiger partial charge in [-0.1, -0.05) is 39.5 Å². The molecule has 0 bridgehead atoms. The molecule has 0 radical (unpaired) electrons. The zero-order valence-electron chi connectivity index (χ0n) is 10.1. The van der Waals surface area contributed by atoms with Crippen LogP contribution in [0.15, 0.2) is 24.5 Å². The minimum absolute atomic E-state index is 0.915. The van der Waals surface area contributed by atoms with Gasteiger partial charge < -0.3 is 0 Å². The van der Waals surface area contributed by atoms with E-state index in [1.54, 1.807) is 0 Å². The molecule has 0 amide bonds. The lowest BCUT2D eigenvalue weighted by atomic mass is 9.93. The van der Waals surface area contributed by atoms with Gasteiger partial charge in [-0.3, -0.25) is 4.98 Å². The van der Waals surface area contributed by atoms with Gasteiger partial charge in [0.05, 0.1) is 0 Å². The van der Waals surface area contributed by atoms with Crippen LogP contribution in [0.1, 0.15) is 51.5 Å². The lowest BCUT2D eigenvalue weighted by molar-refractivity contribution is 0.422. The highest BCUT2D eigenvalue weighted by molar-refractivity contribution is 5.09. The molecule has 1 aromatic heterocycles. The molecular weight excluding hydrogens is 182 g/mol. The Labute approximate surface area is 93.9 Å². The van der Waals surface area contributed by atoms with Crippen LogP contribution < -0.4 is 0 Å². The second-order valence-electron chi connectivity index (χ2n) is 4.31. The molecule has 1 rings (SSSR count). The molecule has 0 aliphatic carbocycles. The van der Waals surface area contributed by atoms with Crippen LogP contribution in [0, 0.1) is 5.92 Å². The van der Waals surface area contributed by atoms with Crippen molar-refractivity contribution in [1.29, 1.82) is 0 Å². The number of aryl methyl sites for hydroxylation is 1. The highest BCUT2D eigenvalue weighted by Crippen LogP contribution is 2.18. The van der Waals surface area contributed by atoms with E-state index in [2.05, 4.69) is 31.0 Å². The van der Waals surface area contributed by atoms with Crippen molar-refractivity contribution < 1.29 is 0 Å². The van der Waals surface area contributed by atoms with Gasteiger partial charge in [-0.05, 0) is 36.5 Å². The Bertz CT molecular complexity index is 243. The Balaban J connectivity index is 2.28. The van der Waals surface area contributed by atoms with E-state index in [1.807, 2.05) is 12.4 Å². The van der Waals surface area contributed by atoms with E-state index < -0.39 is 0 Å². The molecule has 0 saturated carbocycles. The van der Waals surface area contributed by atoms with E-state index in [0.29, 0.717) is 0 Å². The molecule has 0 spiro atoms.